The van der Waals surface area contributed by atoms with Crippen LogP contribution in [0.5, 0.6) is 0 Å². The lowest BCUT2D eigenvalue weighted by atomic mass is 9.73. The Kier molecular flexibility index (Phi) is 1.65. The Balaban J connectivity index is 2.21. The summed E-state index contributed by atoms with van der Waals surface area (Å²) < 4.78 is 13.8. The lowest BCUT2D eigenvalue weighted by molar-refractivity contribution is 0.0406. The van der Waals surface area contributed by atoms with Crippen LogP contribution in [0.2, 0.25) is 0 Å². The fraction of sp³-hybridized carbons (Fsp3) is 0.400. The number of alkyl halides is 1. The minimum Gasteiger partial charge on any atom is -0.327 e. The van der Waals surface area contributed by atoms with Crippen LogP contribution in [0.4, 0.5) is 4.39 Å². The first-order valence-electron chi connectivity index (χ1n) is 4.21. The zero-order chi connectivity index (χ0) is 8.60. The molecule has 1 nitrogen and oxygen atoms in total. The molecule has 0 radical (unpaired) electrons. The van der Waals surface area contributed by atoms with Crippen molar-refractivity contribution in [2.75, 3.05) is 0 Å². The minimum absolute atomic E-state index is 0.0511. The highest BCUT2D eigenvalue weighted by molar-refractivity contribution is 5.26. The fourth-order valence-electron chi connectivity index (χ4n) is 1.74. The largest absolute Gasteiger partial charge is 0.327 e. The smallest absolute Gasteiger partial charge is 0.139 e. The van der Waals surface area contributed by atoms with Crippen LogP contribution < -0.4 is 5.73 Å². The predicted octanol–water partition coefficient (Wildman–Crippen LogP) is 1.97. The lowest BCUT2D eigenvalue weighted by Gasteiger charge is -2.39. The Morgan fingerprint density at radius 3 is 2.33 bits per heavy atom. The molecule has 0 bridgehead atoms. The van der Waals surface area contributed by atoms with E-state index in [1.807, 2.05) is 30.3 Å². The van der Waals surface area contributed by atoms with Gasteiger partial charge in [0.1, 0.15) is 5.67 Å². The number of rotatable bonds is 1. The Bertz CT molecular complexity index is 264. The quantitative estimate of drug-likeness (QED) is 0.676. The molecule has 0 atom stereocenters. The molecule has 0 aliphatic heterocycles. The van der Waals surface area contributed by atoms with Gasteiger partial charge in [-0.15, -0.1) is 0 Å². The molecule has 1 aliphatic rings. The van der Waals surface area contributed by atoms with E-state index in [1.54, 1.807) is 0 Å². The second-order valence-electron chi connectivity index (χ2n) is 3.50. The summed E-state index contributed by atoms with van der Waals surface area (Å²) in [6.45, 7) is 0. The molecule has 2 rings (SSSR count). The van der Waals surface area contributed by atoms with Gasteiger partial charge >= 0.3 is 0 Å². The van der Waals surface area contributed by atoms with E-state index in [0.29, 0.717) is 12.8 Å². The van der Waals surface area contributed by atoms with Crippen molar-refractivity contribution < 1.29 is 4.39 Å². The summed E-state index contributed by atoms with van der Waals surface area (Å²) in [4.78, 5) is 0. The second-order valence-corrected chi connectivity index (χ2v) is 3.50. The summed E-state index contributed by atoms with van der Waals surface area (Å²) >= 11 is 0. The minimum atomic E-state index is -1.14. The van der Waals surface area contributed by atoms with Gasteiger partial charge in [0.25, 0.3) is 0 Å². The molecule has 0 heterocycles. The van der Waals surface area contributed by atoms with Crippen molar-refractivity contribution in [1.29, 1.82) is 0 Å². The van der Waals surface area contributed by atoms with Crippen LogP contribution >= 0.6 is 0 Å². The molecule has 2 heteroatoms. The molecule has 1 aliphatic carbocycles. The monoisotopic (exact) mass is 165 g/mol. The van der Waals surface area contributed by atoms with Gasteiger partial charge in [0.15, 0.2) is 0 Å². The van der Waals surface area contributed by atoms with E-state index in [2.05, 4.69) is 0 Å². The maximum atomic E-state index is 13.8. The van der Waals surface area contributed by atoms with Gasteiger partial charge in [0.2, 0.25) is 0 Å². The molecule has 0 saturated heterocycles. The topological polar surface area (TPSA) is 26.0 Å². The Morgan fingerprint density at radius 2 is 1.83 bits per heavy atom. The van der Waals surface area contributed by atoms with Crippen molar-refractivity contribution >= 4 is 0 Å². The highest BCUT2D eigenvalue weighted by Crippen LogP contribution is 2.43. The lowest BCUT2D eigenvalue weighted by Crippen LogP contribution is -2.46. The number of hydrogen-bond acceptors (Lipinski definition) is 1. The van der Waals surface area contributed by atoms with Crippen LogP contribution in [0.3, 0.4) is 0 Å². The summed E-state index contributed by atoms with van der Waals surface area (Å²) in [6, 6.07) is 9.32. The van der Waals surface area contributed by atoms with Crippen LogP contribution in [0, 0.1) is 0 Å². The molecule has 0 aromatic heterocycles. The average Bonchev–Trinajstić information content (AvgIpc) is 2.04. The molecule has 1 aromatic rings. The first kappa shape index (κ1) is 7.74. The molecule has 0 amide bonds. The van der Waals surface area contributed by atoms with Gasteiger partial charge < -0.3 is 5.73 Å². The summed E-state index contributed by atoms with van der Waals surface area (Å²) in [5, 5.41) is 0. The van der Waals surface area contributed by atoms with E-state index in [0.717, 1.165) is 5.56 Å². The summed E-state index contributed by atoms with van der Waals surface area (Å²) in [7, 11) is 0. The van der Waals surface area contributed by atoms with Crippen molar-refractivity contribution in [3.63, 3.8) is 0 Å². The molecular formula is C10H12FN. The molecule has 0 spiro atoms. The summed E-state index contributed by atoms with van der Waals surface area (Å²) in [6.07, 6.45) is 0.939. The van der Waals surface area contributed by atoms with E-state index in [1.165, 1.54) is 0 Å². The molecular weight excluding hydrogens is 153 g/mol. The van der Waals surface area contributed by atoms with Crippen molar-refractivity contribution in [2.45, 2.75) is 24.6 Å². The maximum absolute atomic E-state index is 13.8. The van der Waals surface area contributed by atoms with Gasteiger partial charge in [0.05, 0.1) is 0 Å². The van der Waals surface area contributed by atoms with Crippen molar-refractivity contribution in [3.8, 4) is 0 Å². The van der Waals surface area contributed by atoms with Gasteiger partial charge in [-0.1, -0.05) is 30.3 Å². The molecule has 2 N–H and O–H groups in total. The Labute approximate surface area is 71.4 Å². The molecule has 1 aromatic carbocycles. The first-order chi connectivity index (χ1) is 5.71. The van der Waals surface area contributed by atoms with E-state index in [4.69, 9.17) is 5.73 Å². The normalized spacial score (nSPS) is 34.3. The number of hydrogen-bond donors (Lipinski definition) is 1. The van der Waals surface area contributed by atoms with Gasteiger partial charge in [-0.25, -0.2) is 4.39 Å². The SMILES string of the molecule is NC1CC(F)(c2ccccc2)C1. The zero-order valence-corrected chi connectivity index (χ0v) is 6.83. The van der Waals surface area contributed by atoms with E-state index >= 15 is 0 Å². The van der Waals surface area contributed by atoms with Crippen LogP contribution in [0.15, 0.2) is 30.3 Å². The van der Waals surface area contributed by atoms with Crippen molar-refractivity contribution in [1.82, 2.24) is 0 Å². The third-order valence-corrected chi connectivity index (χ3v) is 2.46. The molecule has 12 heavy (non-hydrogen) atoms. The van der Waals surface area contributed by atoms with E-state index in [9.17, 15) is 4.39 Å². The van der Waals surface area contributed by atoms with Gasteiger partial charge in [0, 0.05) is 18.9 Å². The van der Waals surface area contributed by atoms with Crippen LogP contribution in [-0.2, 0) is 5.67 Å². The third kappa shape index (κ3) is 1.12. The van der Waals surface area contributed by atoms with Gasteiger partial charge in [-0.05, 0) is 5.56 Å². The van der Waals surface area contributed by atoms with Crippen LogP contribution in [-0.4, -0.2) is 6.04 Å². The molecule has 0 unspecified atom stereocenters. The predicted molar refractivity (Wildman–Crippen MR) is 46.4 cm³/mol. The fourth-order valence-corrected chi connectivity index (χ4v) is 1.74. The highest BCUT2D eigenvalue weighted by Gasteiger charge is 2.44. The summed E-state index contributed by atoms with van der Waals surface area (Å²) in [5.41, 5.74) is 5.18. The first-order valence-corrected chi connectivity index (χ1v) is 4.21. The van der Waals surface area contributed by atoms with Gasteiger partial charge in [-0.3, -0.25) is 0 Å². The Hall–Kier alpha value is -0.890. The molecule has 1 saturated carbocycles. The van der Waals surface area contributed by atoms with Crippen molar-refractivity contribution in [2.24, 2.45) is 5.73 Å². The number of nitrogens with two attached hydrogens (primary N) is 1. The number of benzene rings is 1. The molecule has 64 valence electrons. The zero-order valence-electron chi connectivity index (χ0n) is 6.83. The van der Waals surface area contributed by atoms with E-state index < -0.39 is 5.67 Å². The molecule has 1 fully saturated rings. The summed E-state index contributed by atoms with van der Waals surface area (Å²) in [5.74, 6) is 0. The Morgan fingerprint density at radius 1 is 1.25 bits per heavy atom. The highest BCUT2D eigenvalue weighted by atomic mass is 19.1. The van der Waals surface area contributed by atoms with Crippen LogP contribution in [0.1, 0.15) is 18.4 Å². The second kappa shape index (κ2) is 2.56. The third-order valence-electron chi connectivity index (χ3n) is 2.46. The average molecular weight is 165 g/mol. The van der Waals surface area contributed by atoms with Gasteiger partial charge in [-0.2, -0.15) is 0 Å². The van der Waals surface area contributed by atoms with Crippen LogP contribution in [0.25, 0.3) is 0 Å². The van der Waals surface area contributed by atoms with E-state index in [-0.39, 0.29) is 6.04 Å². The van der Waals surface area contributed by atoms with Crippen molar-refractivity contribution in [3.05, 3.63) is 35.9 Å². The maximum Gasteiger partial charge on any atom is 0.139 e. The standard InChI is InChI=1S/C10H12FN/c11-10(6-9(12)7-10)8-4-2-1-3-5-8/h1-5,9H,6-7,12H2. The number of halogens is 1.